The topological polar surface area (TPSA) is 49.8 Å². The number of hydrogen-bond acceptors (Lipinski definition) is 3. The fourth-order valence-corrected chi connectivity index (χ4v) is 2.99. The highest BCUT2D eigenvalue weighted by Gasteiger charge is 2.42. The number of carboxylic acids is 1. The van der Waals surface area contributed by atoms with Crippen molar-refractivity contribution < 1.29 is 14.6 Å². The molecule has 0 aromatic heterocycles. The number of rotatable bonds is 3. The molecule has 0 radical (unpaired) electrons. The van der Waals surface area contributed by atoms with Crippen molar-refractivity contribution in [3.05, 3.63) is 0 Å². The van der Waals surface area contributed by atoms with Gasteiger partial charge in [0.1, 0.15) is 5.41 Å². The van der Waals surface area contributed by atoms with Crippen molar-refractivity contribution in [2.45, 2.75) is 45.1 Å². The second-order valence-corrected chi connectivity index (χ2v) is 5.56. The number of carbonyl (C=O) groups is 1. The number of aliphatic carboxylic acids is 1. The van der Waals surface area contributed by atoms with Crippen LogP contribution in [0.3, 0.4) is 0 Å². The van der Waals surface area contributed by atoms with Crippen LogP contribution in [0.15, 0.2) is 0 Å². The van der Waals surface area contributed by atoms with E-state index >= 15 is 0 Å². The van der Waals surface area contributed by atoms with Gasteiger partial charge in [0.05, 0.1) is 6.61 Å². The van der Waals surface area contributed by atoms with Gasteiger partial charge in [0, 0.05) is 19.2 Å². The number of nitrogens with zero attached hydrogens (tertiary/aromatic N) is 1. The molecule has 0 spiro atoms. The minimum atomic E-state index is -0.685. The lowest BCUT2D eigenvalue weighted by Gasteiger charge is -2.41. The molecule has 2 heterocycles. The summed E-state index contributed by atoms with van der Waals surface area (Å²) in [5.74, 6) is -0.685. The van der Waals surface area contributed by atoms with Crippen LogP contribution in [0.2, 0.25) is 0 Å². The molecule has 1 N–H and O–H groups in total. The van der Waals surface area contributed by atoms with E-state index in [9.17, 15) is 9.90 Å². The van der Waals surface area contributed by atoms with E-state index in [2.05, 4.69) is 11.8 Å². The van der Waals surface area contributed by atoms with Gasteiger partial charge in [0.2, 0.25) is 0 Å². The van der Waals surface area contributed by atoms with Crippen LogP contribution in [-0.2, 0) is 9.53 Å². The summed E-state index contributed by atoms with van der Waals surface area (Å²) in [6.45, 7) is 4.99. The molecule has 17 heavy (non-hydrogen) atoms. The zero-order chi connectivity index (χ0) is 12.3. The van der Waals surface area contributed by atoms with E-state index in [0.717, 1.165) is 19.4 Å². The molecule has 0 bridgehead atoms. The summed E-state index contributed by atoms with van der Waals surface area (Å²) in [6, 6.07) is 0.516. The minimum Gasteiger partial charge on any atom is -0.481 e. The molecule has 0 saturated carbocycles. The van der Waals surface area contributed by atoms with Crippen molar-refractivity contribution >= 4 is 5.97 Å². The first-order valence-electron chi connectivity index (χ1n) is 6.69. The molecule has 98 valence electrons. The lowest BCUT2D eigenvalue weighted by atomic mass is 9.81. The van der Waals surface area contributed by atoms with Crippen molar-refractivity contribution in [3.8, 4) is 0 Å². The van der Waals surface area contributed by atoms with E-state index < -0.39 is 11.4 Å². The van der Waals surface area contributed by atoms with E-state index in [4.69, 9.17) is 4.74 Å². The molecule has 2 fully saturated rings. The van der Waals surface area contributed by atoms with Crippen LogP contribution in [0.1, 0.15) is 39.0 Å². The maximum Gasteiger partial charge on any atom is 0.313 e. The molecule has 0 aliphatic carbocycles. The van der Waals surface area contributed by atoms with Crippen molar-refractivity contribution in [1.29, 1.82) is 0 Å². The Hall–Kier alpha value is -0.610. The second-order valence-electron chi connectivity index (χ2n) is 5.56. The van der Waals surface area contributed by atoms with Crippen molar-refractivity contribution in [2.75, 3.05) is 26.3 Å². The maximum absolute atomic E-state index is 11.6. The lowest BCUT2D eigenvalue weighted by Crippen LogP contribution is -2.51. The Morgan fingerprint density at radius 1 is 1.47 bits per heavy atom. The highest BCUT2D eigenvalue weighted by Crippen LogP contribution is 2.32. The normalized spacial score (nSPS) is 35.7. The fraction of sp³-hybridized carbons (Fsp3) is 0.923. The third kappa shape index (κ3) is 2.80. The molecule has 2 aliphatic heterocycles. The predicted octanol–water partition coefficient (Wildman–Crippen LogP) is 1.74. The van der Waals surface area contributed by atoms with Crippen LogP contribution < -0.4 is 0 Å². The smallest absolute Gasteiger partial charge is 0.313 e. The molecule has 0 amide bonds. The van der Waals surface area contributed by atoms with Gasteiger partial charge in [0.25, 0.3) is 0 Å². The number of ether oxygens (including phenoxy) is 1. The zero-order valence-corrected chi connectivity index (χ0v) is 10.7. The van der Waals surface area contributed by atoms with E-state index in [-0.39, 0.29) is 0 Å². The van der Waals surface area contributed by atoms with Gasteiger partial charge >= 0.3 is 5.97 Å². The van der Waals surface area contributed by atoms with Gasteiger partial charge in [-0.2, -0.15) is 0 Å². The van der Waals surface area contributed by atoms with Gasteiger partial charge in [-0.15, -0.1) is 0 Å². The summed E-state index contributed by atoms with van der Waals surface area (Å²) < 4.78 is 5.42. The van der Waals surface area contributed by atoms with Crippen LogP contribution >= 0.6 is 0 Å². The average molecular weight is 241 g/mol. The highest BCUT2D eigenvalue weighted by atomic mass is 16.5. The molecule has 0 aromatic carbocycles. The van der Waals surface area contributed by atoms with E-state index in [1.54, 1.807) is 0 Å². The first-order valence-corrected chi connectivity index (χ1v) is 6.69. The molecular weight excluding hydrogens is 218 g/mol. The number of likely N-dealkylation sites (tertiary alicyclic amines) is 1. The van der Waals surface area contributed by atoms with Crippen LogP contribution in [0.5, 0.6) is 0 Å². The van der Waals surface area contributed by atoms with E-state index in [1.165, 1.54) is 19.3 Å². The largest absolute Gasteiger partial charge is 0.481 e. The van der Waals surface area contributed by atoms with Crippen LogP contribution in [0.25, 0.3) is 0 Å². The third-order valence-corrected chi connectivity index (χ3v) is 4.22. The Balaban J connectivity index is 2.03. The first-order chi connectivity index (χ1) is 8.14. The Bertz CT molecular complexity index is 274. The Labute approximate surface area is 103 Å². The average Bonchev–Trinajstić information content (AvgIpc) is 2.33. The Morgan fingerprint density at radius 2 is 2.29 bits per heavy atom. The van der Waals surface area contributed by atoms with Crippen LogP contribution in [0.4, 0.5) is 0 Å². The zero-order valence-electron chi connectivity index (χ0n) is 10.7. The quantitative estimate of drug-likeness (QED) is 0.817. The fourth-order valence-electron chi connectivity index (χ4n) is 2.99. The monoisotopic (exact) mass is 241 g/mol. The highest BCUT2D eigenvalue weighted by molar-refractivity contribution is 5.75. The third-order valence-electron chi connectivity index (χ3n) is 4.22. The molecular formula is C13H23NO3. The van der Waals surface area contributed by atoms with E-state index in [1.807, 2.05) is 0 Å². The van der Waals surface area contributed by atoms with E-state index in [0.29, 0.717) is 25.8 Å². The number of hydrogen-bond donors (Lipinski definition) is 1. The summed E-state index contributed by atoms with van der Waals surface area (Å²) in [4.78, 5) is 13.9. The first kappa shape index (κ1) is 12.8. The Kier molecular flexibility index (Phi) is 4.05. The molecule has 0 aromatic rings. The van der Waals surface area contributed by atoms with Crippen molar-refractivity contribution in [1.82, 2.24) is 4.90 Å². The summed E-state index contributed by atoms with van der Waals surface area (Å²) in [7, 11) is 0. The van der Waals surface area contributed by atoms with Crippen LogP contribution in [-0.4, -0.2) is 48.3 Å². The van der Waals surface area contributed by atoms with Gasteiger partial charge in [-0.1, -0.05) is 6.42 Å². The van der Waals surface area contributed by atoms with Gasteiger partial charge in [0.15, 0.2) is 0 Å². The molecule has 4 heteroatoms. The second kappa shape index (κ2) is 5.36. The maximum atomic E-state index is 11.6. The SMILES string of the molecule is CC1CCCCN1CC1(C(=O)O)CCCOC1. The standard InChI is InChI=1S/C13H23NO3/c1-11-5-2-3-7-14(11)9-13(12(15)16)6-4-8-17-10-13/h11H,2-10H2,1H3,(H,15,16). The number of piperidine rings is 1. The van der Waals surface area contributed by atoms with Crippen molar-refractivity contribution in [3.63, 3.8) is 0 Å². The number of carboxylic acid groups (broad SMARTS) is 1. The molecule has 4 nitrogen and oxygen atoms in total. The summed E-state index contributed by atoms with van der Waals surface area (Å²) >= 11 is 0. The van der Waals surface area contributed by atoms with Gasteiger partial charge in [-0.3, -0.25) is 9.69 Å². The molecule has 2 rings (SSSR count). The summed E-state index contributed by atoms with van der Waals surface area (Å²) in [5, 5.41) is 9.50. The molecule has 2 aliphatic rings. The van der Waals surface area contributed by atoms with Gasteiger partial charge in [-0.05, 0) is 39.2 Å². The predicted molar refractivity (Wildman–Crippen MR) is 65.0 cm³/mol. The summed E-state index contributed by atoms with van der Waals surface area (Å²) in [5.41, 5.74) is -0.663. The van der Waals surface area contributed by atoms with Crippen LogP contribution in [0, 0.1) is 5.41 Å². The molecule has 2 saturated heterocycles. The minimum absolute atomic E-state index is 0.381. The van der Waals surface area contributed by atoms with Crippen molar-refractivity contribution in [2.24, 2.45) is 5.41 Å². The molecule has 2 unspecified atom stereocenters. The Morgan fingerprint density at radius 3 is 2.88 bits per heavy atom. The lowest BCUT2D eigenvalue weighted by molar-refractivity contribution is -0.160. The van der Waals surface area contributed by atoms with Gasteiger partial charge in [-0.25, -0.2) is 0 Å². The summed E-state index contributed by atoms with van der Waals surface area (Å²) in [6.07, 6.45) is 5.28. The van der Waals surface area contributed by atoms with Gasteiger partial charge < -0.3 is 9.84 Å². The molecule has 2 atom stereocenters.